The predicted molar refractivity (Wildman–Crippen MR) is 104 cm³/mol. The molecule has 3 N–H and O–H groups in total. The summed E-state index contributed by atoms with van der Waals surface area (Å²) in [5.74, 6) is 0.213. The van der Waals surface area contributed by atoms with Gasteiger partial charge in [0.1, 0.15) is 18.0 Å². The Kier molecular flexibility index (Phi) is 4.86. The van der Waals surface area contributed by atoms with Crippen molar-refractivity contribution in [3.63, 3.8) is 0 Å². The molecular weight excluding hydrogens is 353 g/mol. The van der Waals surface area contributed by atoms with E-state index in [1.54, 1.807) is 12.1 Å². The molecule has 1 aromatic heterocycles. The molecular formula is C19H19ClFN5. The van der Waals surface area contributed by atoms with Crippen LogP contribution < -0.4 is 16.0 Å². The molecule has 0 amide bonds. The van der Waals surface area contributed by atoms with Crippen LogP contribution in [0.25, 0.3) is 10.9 Å². The van der Waals surface area contributed by atoms with Gasteiger partial charge in [-0.15, -0.1) is 0 Å². The Morgan fingerprint density at radius 1 is 1.04 bits per heavy atom. The molecule has 134 valence electrons. The summed E-state index contributed by atoms with van der Waals surface area (Å²) in [4.78, 5) is 8.67. The molecule has 5 nitrogen and oxygen atoms in total. The summed E-state index contributed by atoms with van der Waals surface area (Å²) in [7, 11) is 0. The summed E-state index contributed by atoms with van der Waals surface area (Å²) in [6.45, 7) is 2.07. The smallest absolute Gasteiger partial charge is 0.141 e. The van der Waals surface area contributed by atoms with E-state index in [2.05, 4.69) is 25.9 Å². The average molecular weight is 372 g/mol. The number of nitrogens with zero attached hydrogens (tertiary/aromatic N) is 2. The van der Waals surface area contributed by atoms with Crippen molar-refractivity contribution in [3.8, 4) is 0 Å². The van der Waals surface area contributed by atoms with E-state index in [1.165, 1.54) is 12.4 Å². The van der Waals surface area contributed by atoms with E-state index in [4.69, 9.17) is 11.6 Å². The van der Waals surface area contributed by atoms with Crippen LogP contribution in [0.15, 0.2) is 42.7 Å². The second kappa shape index (κ2) is 7.43. The van der Waals surface area contributed by atoms with Crippen molar-refractivity contribution >= 4 is 39.7 Å². The van der Waals surface area contributed by atoms with Crippen molar-refractivity contribution in [2.45, 2.75) is 18.9 Å². The summed E-state index contributed by atoms with van der Waals surface area (Å²) in [6.07, 6.45) is 3.71. The van der Waals surface area contributed by atoms with E-state index >= 15 is 0 Å². The van der Waals surface area contributed by atoms with Gasteiger partial charge in [-0.1, -0.05) is 11.6 Å². The van der Waals surface area contributed by atoms with Crippen molar-refractivity contribution in [3.05, 3.63) is 53.6 Å². The lowest BCUT2D eigenvalue weighted by Gasteiger charge is -2.24. The number of hydrogen-bond donors (Lipinski definition) is 3. The maximum absolute atomic E-state index is 13.4. The van der Waals surface area contributed by atoms with Gasteiger partial charge in [0.25, 0.3) is 0 Å². The predicted octanol–water partition coefficient (Wildman–Crippen LogP) is 4.33. The van der Waals surface area contributed by atoms with Crippen molar-refractivity contribution in [2.24, 2.45) is 0 Å². The van der Waals surface area contributed by atoms with E-state index in [-0.39, 0.29) is 5.02 Å². The summed E-state index contributed by atoms with van der Waals surface area (Å²) in [6, 6.07) is 11.0. The maximum atomic E-state index is 13.4. The molecule has 0 spiro atoms. The highest BCUT2D eigenvalue weighted by Crippen LogP contribution is 2.28. The van der Waals surface area contributed by atoms with Crippen LogP contribution in [0.5, 0.6) is 0 Å². The molecule has 0 unspecified atom stereocenters. The van der Waals surface area contributed by atoms with Gasteiger partial charge in [0.05, 0.1) is 10.5 Å². The molecule has 7 heteroatoms. The van der Waals surface area contributed by atoms with Gasteiger partial charge >= 0.3 is 0 Å². The molecule has 4 rings (SSSR count). The average Bonchev–Trinajstić information content (AvgIpc) is 2.66. The van der Waals surface area contributed by atoms with Crippen molar-refractivity contribution in [1.29, 1.82) is 0 Å². The van der Waals surface area contributed by atoms with Crippen molar-refractivity contribution < 1.29 is 4.39 Å². The fourth-order valence-electron chi connectivity index (χ4n) is 3.16. The van der Waals surface area contributed by atoms with Gasteiger partial charge in [0.15, 0.2) is 0 Å². The molecule has 0 atom stereocenters. The number of benzene rings is 2. The summed E-state index contributed by atoms with van der Waals surface area (Å²) in [5.41, 5.74) is 2.55. The van der Waals surface area contributed by atoms with Gasteiger partial charge in [-0.3, -0.25) is 0 Å². The second-order valence-electron chi connectivity index (χ2n) is 6.38. The van der Waals surface area contributed by atoms with Crippen LogP contribution in [0.2, 0.25) is 5.02 Å². The highest BCUT2D eigenvalue weighted by molar-refractivity contribution is 6.31. The number of nitrogens with one attached hydrogen (secondary N) is 3. The van der Waals surface area contributed by atoms with Crippen LogP contribution in [0, 0.1) is 5.82 Å². The van der Waals surface area contributed by atoms with Crippen LogP contribution in [-0.2, 0) is 0 Å². The number of aromatic nitrogens is 2. The quantitative estimate of drug-likeness (QED) is 0.637. The third kappa shape index (κ3) is 3.71. The molecule has 0 aliphatic carbocycles. The zero-order valence-corrected chi connectivity index (χ0v) is 14.9. The first-order chi connectivity index (χ1) is 12.7. The Morgan fingerprint density at radius 2 is 1.85 bits per heavy atom. The largest absolute Gasteiger partial charge is 0.382 e. The minimum Gasteiger partial charge on any atom is -0.382 e. The standard InChI is InChI=1S/C19H19ClFN5/c20-16-10-14(1-3-17(16)21)26-19-15-9-13(2-4-18(15)23-11-24-19)25-12-5-7-22-8-6-12/h1-4,9-12,22,25H,5-8H2,(H,23,24,26). The molecule has 0 bridgehead atoms. The second-order valence-corrected chi connectivity index (χ2v) is 6.78. The molecule has 2 aromatic carbocycles. The fraction of sp³-hybridized carbons (Fsp3) is 0.263. The van der Waals surface area contributed by atoms with Crippen molar-refractivity contribution in [1.82, 2.24) is 15.3 Å². The molecule has 2 heterocycles. The minimum absolute atomic E-state index is 0.0709. The summed E-state index contributed by atoms with van der Waals surface area (Å²) >= 11 is 5.87. The number of hydrogen-bond acceptors (Lipinski definition) is 5. The molecule has 1 aliphatic rings. The molecule has 1 saturated heterocycles. The van der Waals surface area contributed by atoms with Crippen LogP contribution >= 0.6 is 11.6 Å². The molecule has 1 fully saturated rings. The summed E-state index contributed by atoms with van der Waals surface area (Å²) < 4.78 is 13.4. The van der Waals surface area contributed by atoms with Gasteiger partial charge in [0.2, 0.25) is 0 Å². The number of fused-ring (bicyclic) bond motifs is 1. The molecule has 1 aliphatic heterocycles. The lowest BCUT2D eigenvalue weighted by atomic mass is 10.1. The zero-order chi connectivity index (χ0) is 17.9. The minimum atomic E-state index is -0.446. The fourth-order valence-corrected chi connectivity index (χ4v) is 3.34. The normalized spacial score (nSPS) is 15.2. The van der Waals surface area contributed by atoms with E-state index in [0.29, 0.717) is 17.5 Å². The number of piperidine rings is 1. The van der Waals surface area contributed by atoms with Crippen molar-refractivity contribution in [2.75, 3.05) is 23.7 Å². The van der Waals surface area contributed by atoms with Crippen LogP contribution in [0.1, 0.15) is 12.8 Å². The van der Waals surface area contributed by atoms with Gasteiger partial charge in [-0.05, 0) is 62.3 Å². The highest BCUT2D eigenvalue weighted by Gasteiger charge is 2.13. The van der Waals surface area contributed by atoms with Gasteiger partial charge < -0.3 is 16.0 Å². The molecule has 3 aromatic rings. The number of anilines is 3. The Hall–Kier alpha value is -2.44. The van der Waals surface area contributed by atoms with Crippen LogP contribution in [0.4, 0.5) is 21.6 Å². The zero-order valence-electron chi connectivity index (χ0n) is 14.1. The SMILES string of the molecule is Fc1ccc(Nc2ncnc3ccc(NC4CCNCC4)cc23)cc1Cl. The number of rotatable bonds is 4. The first-order valence-corrected chi connectivity index (χ1v) is 9.01. The molecule has 26 heavy (non-hydrogen) atoms. The summed E-state index contributed by atoms with van der Waals surface area (Å²) in [5, 5.41) is 11.1. The van der Waals surface area contributed by atoms with E-state index in [9.17, 15) is 4.39 Å². The maximum Gasteiger partial charge on any atom is 0.141 e. The topological polar surface area (TPSA) is 61.9 Å². The number of halogens is 2. The van der Waals surface area contributed by atoms with Gasteiger partial charge in [-0.25, -0.2) is 14.4 Å². The van der Waals surface area contributed by atoms with E-state index in [0.717, 1.165) is 42.5 Å². The molecule has 0 saturated carbocycles. The van der Waals surface area contributed by atoms with Gasteiger partial charge in [-0.2, -0.15) is 0 Å². The first kappa shape index (κ1) is 17.0. The first-order valence-electron chi connectivity index (χ1n) is 8.63. The van der Waals surface area contributed by atoms with Crippen LogP contribution in [0.3, 0.4) is 0 Å². The van der Waals surface area contributed by atoms with Crippen LogP contribution in [-0.4, -0.2) is 29.1 Å². The lowest BCUT2D eigenvalue weighted by Crippen LogP contribution is -2.35. The monoisotopic (exact) mass is 371 g/mol. The Labute approximate surface area is 156 Å². The van der Waals surface area contributed by atoms with E-state index < -0.39 is 5.82 Å². The highest BCUT2D eigenvalue weighted by atomic mass is 35.5. The van der Waals surface area contributed by atoms with E-state index in [1.807, 2.05) is 18.2 Å². The third-order valence-electron chi connectivity index (χ3n) is 4.53. The Bertz CT molecular complexity index is 927. The Balaban J connectivity index is 1.63. The van der Waals surface area contributed by atoms with Gasteiger partial charge in [0, 0.05) is 22.8 Å². The molecule has 0 radical (unpaired) electrons. The third-order valence-corrected chi connectivity index (χ3v) is 4.82. The Morgan fingerprint density at radius 3 is 2.65 bits per heavy atom. The lowest BCUT2D eigenvalue weighted by molar-refractivity contribution is 0.479.